The van der Waals surface area contributed by atoms with Crippen molar-refractivity contribution in [1.82, 2.24) is 4.90 Å². The number of amides is 2. The maximum atomic E-state index is 12.7. The summed E-state index contributed by atoms with van der Waals surface area (Å²) in [7, 11) is 1.64. The van der Waals surface area contributed by atoms with Gasteiger partial charge >= 0.3 is 0 Å². The van der Waals surface area contributed by atoms with E-state index in [9.17, 15) is 9.59 Å². The lowest BCUT2D eigenvalue weighted by molar-refractivity contribution is -0.121. The van der Waals surface area contributed by atoms with Crippen LogP contribution in [-0.4, -0.2) is 36.9 Å². The minimum atomic E-state index is -0.143. The lowest BCUT2D eigenvalue weighted by atomic mass is 9.95. The number of carbonyl (C=O) groups excluding carboxylic acids is 2. The predicted molar refractivity (Wildman–Crippen MR) is 125 cm³/mol. The minimum Gasteiger partial charge on any atom is -0.497 e. The summed E-state index contributed by atoms with van der Waals surface area (Å²) in [6.07, 6.45) is 4.17. The molecule has 0 saturated carbocycles. The van der Waals surface area contributed by atoms with E-state index in [-0.39, 0.29) is 17.7 Å². The van der Waals surface area contributed by atoms with Crippen molar-refractivity contribution < 1.29 is 18.7 Å². The van der Waals surface area contributed by atoms with Gasteiger partial charge in [0.05, 0.1) is 24.0 Å². The van der Waals surface area contributed by atoms with Crippen molar-refractivity contribution in [2.24, 2.45) is 5.92 Å². The van der Waals surface area contributed by atoms with Crippen LogP contribution in [0.5, 0.6) is 5.75 Å². The summed E-state index contributed by atoms with van der Waals surface area (Å²) in [5.74, 6) is 0.548. The molecule has 1 aliphatic heterocycles. The Labute approximate surface area is 195 Å². The summed E-state index contributed by atoms with van der Waals surface area (Å²) in [5, 5.41) is 3.54. The van der Waals surface area contributed by atoms with Crippen molar-refractivity contribution in [2.75, 3.05) is 25.5 Å². The highest BCUT2D eigenvalue weighted by atomic mass is 35.5. The normalized spacial score (nSPS) is 14.2. The fraction of sp³-hybridized carbons (Fsp3) is 0.250. The first-order chi connectivity index (χ1) is 15.5. The van der Waals surface area contributed by atoms with Gasteiger partial charge in [0.1, 0.15) is 12.0 Å². The lowest BCUT2D eigenvalue weighted by Gasteiger charge is -2.31. The van der Waals surface area contributed by atoms with Gasteiger partial charge in [0.15, 0.2) is 0 Å². The highest BCUT2D eigenvalue weighted by molar-refractivity contribution is 7.99. The topological polar surface area (TPSA) is 71.8 Å². The van der Waals surface area contributed by atoms with E-state index in [0.29, 0.717) is 42.2 Å². The molecule has 2 amide bonds. The molecule has 0 bridgehead atoms. The van der Waals surface area contributed by atoms with Crippen molar-refractivity contribution in [2.45, 2.75) is 22.6 Å². The van der Waals surface area contributed by atoms with Gasteiger partial charge in [-0.2, -0.15) is 0 Å². The lowest BCUT2D eigenvalue weighted by Crippen LogP contribution is -2.41. The molecular weight excluding hydrogens is 448 g/mol. The van der Waals surface area contributed by atoms with Crippen LogP contribution in [0, 0.1) is 5.92 Å². The maximum Gasteiger partial charge on any atom is 0.257 e. The Balaban J connectivity index is 1.31. The number of piperidine rings is 1. The first kappa shape index (κ1) is 22.3. The second kappa shape index (κ2) is 10.1. The summed E-state index contributed by atoms with van der Waals surface area (Å²) in [6, 6.07) is 14.9. The molecule has 0 spiro atoms. The minimum absolute atomic E-state index is 0.0490. The van der Waals surface area contributed by atoms with E-state index in [4.69, 9.17) is 20.8 Å². The zero-order chi connectivity index (χ0) is 22.5. The zero-order valence-electron chi connectivity index (χ0n) is 17.5. The second-order valence-electron chi connectivity index (χ2n) is 7.49. The molecule has 2 aromatic carbocycles. The van der Waals surface area contributed by atoms with Crippen LogP contribution in [-0.2, 0) is 4.79 Å². The molecule has 1 saturated heterocycles. The molecule has 1 aliphatic rings. The number of nitrogens with one attached hydrogen (secondary N) is 1. The molecule has 3 aromatic rings. The molecule has 8 heteroatoms. The highest BCUT2D eigenvalue weighted by Crippen LogP contribution is 2.35. The molecule has 0 unspecified atom stereocenters. The molecule has 0 aliphatic carbocycles. The predicted octanol–water partition coefficient (Wildman–Crippen LogP) is 5.58. The monoisotopic (exact) mass is 470 g/mol. The van der Waals surface area contributed by atoms with Crippen LogP contribution in [0.15, 0.2) is 75.3 Å². The smallest absolute Gasteiger partial charge is 0.257 e. The van der Waals surface area contributed by atoms with Crippen LogP contribution < -0.4 is 10.1 Å². The molecular formula is C24H23ClN2O4S. The number of hydrogen-bond donors (Lipinski definition) is 1. The van der Waals surface area contributed by atoms with Crippen molar-refractivity contribution >= 4 is 40.9 Å². The van der Waals surface area contributed by atoms with Gasteiger partial charge < -0.3 is 19.4 Å². The number of methoxy groups -OCH3 is 1. The van der Waals surface area contributed by atoms with E-state index in [2.05, 4.69) is 5.32 Å². The van der Waals surface area contributed by atoms with Gasteiger partial charge in [-0.3, -0.25) is 9.59 Å². The molecule has 2 heterocycles. The SMILES string of the molecule is COc1ccc(Sc2ccc(NC(=O)C3CCN(C(=O)c4ccoc4)CC3)cc2Cl)cc1. The largest absolute Gasteiger partial charge is 0.497 e. The number of carbonyl (C=O) groups is 2. The zero-order valence-corrected chi connectivity index (χ0v) is 19.1. The number of anilines is 1. The molecule has 1 N–H and O–H groups in total. The van der Waals surface area contributed by atoms with Crippen LogP contribution >= 0.6 is 23.4 Å². The molecule has 32 heavy (non-hydrogen) atoms. The van der Waals surface area contributed by atoms with Crippen molar-refractivity contribution in [3.8, 4) is 5.75 Å². The Morgan fingerprint density at radius 2 is 1.88 bits per heavy atom. The summed E-state index contributed by atoms with van der Waals surface area (Å²) >= 11 is 8.01. The summed E-state index contributed by atoms with van der Waals surface area (Å²) in [5.41, 5.74) is 1.20. The fourth-order valence-electron chi connectivity index (χ4n) is 3.59. The number of hydrogen-bond acceptors (Lipinski definition) is 5. The number of likely N-dealkylation sites (tertiary alicyclic amines) is 1. The molecule has 0 radical (unpaired) electrons. The Bertz CT molecular complexity index is 1080. The average Bonchev–Trinajstić information content (AvgIpc) is 3.36. The number of nitrogens with zero attached hydrogens (tertiary/aromatic N) is 1. The first-order valence-corrected chi connectivity index (χ1v) is 11.5. The van der Waals surface area contributed by atoms with E-state index < -0.39 is 0 Å². The third kappa shape index (κ3) is 5.29. The number of benzene rings is 2. The average molecular weight is 471 g/mol. The Hall–Kier alpha value is -2.90. The van der Waals surface area contributed by atoms with E-state index in [0.717, 1.165) is 15.5 Å². The molecule has 166 valence electrons. The first-order valence-electron chi connectivity index (χ1n) is 10.3. The summed E-state index contributed by atoms with van der Waals surface area (Å²) in [4.78, 5) is 28.8. The van der Waals surface area contributed by atoms with E-state index in [1.165, 1.54) is 12.5 Å². The van der Waals surface area contributed by atoms with Gasteiger partial charge in [0.25, 0.3) is 5.91 Å². The van der Waals surface area contributed by atoms with Crippen LogP contribution in [0.1, 0.15) is 23.2 Å². The Morgan fingerprint density at radius 1 is 1.12 bits per heavy atom. The fourth-order valence-corrected chi connectivity index (χ4v) is 4.70. The van der Waals surface area contributed by atoms with Crippen molar-refractivity contribution in [3.63, 3.8) is 0 Å². The van der Waals surface area contributed by atoms with E-state index >= 15 is 0 Å². The molecule has 1 fully saturated rings. The van der Waals surface area contributed by atoms with E-state index in [1.54, 1.807) is 35.9 Å². The number of halogens is 1. The Morgan fingerprint density at radius 3 is 2.50 bits per heavy atom. The van der Waals surface area contributed by atoms with Crippen LogP contribution in [0.4, 0.5) is 5.69 Å². The maximum absolute atomic E-state index is 12.7. The van der Waals surface area contributed by atoms with Crippen molar-refractivity contribution in [3.05, 3.63) is 71.6 Å². The second-order valence-corrected chi connectivity index (χ2v) is 9.01. The van der Waals surface area contributed by atoms with Crippen LogP contribution in [0.2, 0.25) is 5.02 Å². The molecule has 4 rings (SSSR count). The molecule has 1 aromatic heterocycles. The van der Waals surface area contributed by atoms with Gasteiger partial charge in [0, 0.05) is 34.5 Å². The number of ether oxygens (including phenoxy) is 1. The van der Waals surface area contributed by atoms with Crippen LogP contribution in [0.25, 0.3) is 0 Å². The summed E-state index contributed by atoms with van der Waals surface area (Å²) < 4.78 is 10.2. The van der Waals surface area contributed by atoms with Gasteiger partial charge in [-0.05, 0) is 61.4 Å². The van der Waals surface area contributed by atoms with Gasteiger partial charge in [-0.1, -0.05) is 23.4 Å². The molecule has 0 atom stereocenters. The van der Waals surface area contributed by atoms with Gasteiger partial charge in [-0.25, -0.2) is 0 Å². The summed E-state index contributed by atoms with van der Waals surface area (Å²) in [6.45, 7) is 1.08. The van der Waals surface area contributed by atoms with Crippen LogP contribution in [0.3, 0.4) is 0 Å². The Kier molecular flexibility index (Phi) is 7.07. The van der Waals surface area contributed by atoms with E-state index in [1.807, 2.05) is 36.4 Å². The molecule has 6 nitrogen and oxygen atoms in total. The van der Waals surface area contributed by atoms with Gasteiger partial charge in [0.2, 0.25) is 5.91 Å². The standard InChI is InChI=1S/C24H23ClN2O4S/c1-30-19-3-5-20(6-4-19)32-22-7-2-18(14-21(22)25)26-23(28)16-8-11-27(12-9-16)24(29)17-10-13-31-15-17/h2-7,10,13-16H,8-9,11-12H2,1H3,(H,26,28). The highest BCUT2D eigenvalue weighted by Gasteiger charge is 2.28. The van der Waals surface area contributed by atoms with Gasteiger partial charge in [-0.15, -0.1) is 0 Å². The third-order valence-electron chi connectivity index (χ3n) is 5.41. The quantitative estimate of drug-likeness (QED) is 0.509. The third-order valence-corrected chi connectivity index (χ3v) is 6.92. The van der Waals surface area contributed by atoms with Crippen molar-refractivity contribution in [1.29, 1.82) is 0 Å². The number of furan rings is 1. The number of rotatable bonds is 6.